The van der Waals surface area contributed by atoms with Crippen molar-refractivity contribution in [2.45, 2.75) is 13.3 Å². The van der Waals surface area contributed by atoms with Crippen LogP contribution in [0.5, 0.6) is 0 Å². The fourth-order valence-electron chi connectivity index (χ4n) is 1.39. The number of aromatic amines is 1. The molecule has 0 amide bonds. The molecule has 0 fully saturated rings. The van der Waals surface area contributed by atoms with E-state index in [4.69, 9.17) is 12.2 Å². The maximum Gasteiger partial charge on any atom is 0.148 e. The van der Waals surface area contributed by atoms with Crippen LogP contribution >= 0.6 is 28.1 Å². The number of H-pyrrole nitrogens is 1. The molecule has 0 radical (unpaired) electrons. The third-order valence-electron chi connectivity index (χ3n) is 2.13. The fourth-order valence-corrected chi connectivity index (χ4v) is 2.09. The Morgan fingerprint density at radius 3 is 2.93 bits per heavy atom. The molecule has 0 aliphatic carbocycles. The highest BCUT2D eigenvalue weighted by Crippen LogP contribution is 2.22. The lowest BCUT2D eigenvalue weighted by atomic mass is 10.2. The first kappa shape index (κ1) is 10.7. The van der Waals surface area contributed by atoms with Gasteiger partial charge in [-0.15, -0.1) is 0 Å². The molecule has 2 aromatic rings. The molecule has 0 saturated heterocycles. The summed E-state index contributed by atoms with van der Waals surface area (Å²) >= 11 is 8.33. The molecule has 1 aromatic carbocycles. The molecule has 5 heteroatoms. The van der Waals surface area contributed by atoms with Crippen molar-refractivity contribution in [2.24, 2.45) is 0 Å². The van der Waals surface area contributed by atoms with Crippen molar-refractivity contribution in [3.8, 4) is 0 Å². The van der Waals surface area contributed by atoms with Crippen LogP contribution in [0.15, 0.2) is 16.6 Å². The zero-order valence-corrected chi connectivity index (χ0v) is 10.4. The number of nitrogens with one attached hydrogen (secondary N) is 1. The number of aromatic nitrogens is 2. The molecule has 1 N–H and O–H groups in total. The van der Waals surface area contributed by atoms with E-state index in [9.17, 15) is 4.39 Å². The van der Waals surface area contributed by atoms with E-state index in [2.05, 4.69) is 25.9 Å². The van der Waals surface area contributed by atoms with E-state index in [-0.39, 0.29) is 5.82 Å². The zero-order valence-electron chi connectivity index (χ0n) is 7.97. The summed E-state index contributed by atoms with van der Waals surface area (Å²) in [5.74, 6) is 0.385. The first-order chi connectivity index (χ1) is 7.11. The molecule has 0 aliphatic heterocycles. The number of hydrogen-bond donors (Lipinski definition) is 1. The second-order valence-corrected chi connectivity index (χ2v) is 4.45. The Kier molecular flexibility index (Phi) is 2.84. The molecular weight excluding hydrogens is 279 g/mol. The summed E-state index contributed by atoms with van der Waals surface area (Å²) in [5, 5.41) is 0.633. The number of aryl methyl sites for hydroxylation is 1. The Labute approximate surface area is 99.7 Å². The Morgan fingerprint density at radius 2 is 2.27 bits per heavy atom. The smallest absolute Gasteiger partial charge is 0.148 e. The molecule has 1 heterocycles. The molecule has 0 saturated carbocycles. The monoisotopic (exact) mass is 286 g/mol. The quantitative estimate of drug-likeness (QED) is 0.809. The van der Waals surface area contributed by atoms with Crippen LogP contribution < -0.4 is 0 Å². The lowest BCUT2D eigenvalue weighted by Crippen LogP contribution is -1.96. The highest BCUT2D eigenvalue weighted by Gasteiger charge is 2.06. The lowest BCUT2D eigenvalue weighted by molar-refractivity contribution is 0.634. The van der Waals surface area contributed by atoms with E-state index in [1.807, 2.05) is 6.92 Å². The lowest BCUT2D eigenvalue weighted by Gasteiger charge is -2.04. The maximum absolute atomic E-state index is 13.6. The van der Waals surface area contributed by atoms with Crippen LogP contribution in [0, 0.1) is 10.5 Å². The highest BCUT2D eigenvalue weighted by molar-refractivity contribution is 9.10. The number of halogens is 2. The number of hydrogen-bond acceptors (Lipinski definition) is 2. The Hall–Kier alpha value is -0.810. The second kappa shape index (κ2) is 3.98. The zero-order chi connectivity index (χ0) is 11.0. The van der Waals surface area contributed by atoms with E-state index >= 15 is 0 Å². The summed E-state index contributed by atoms with van der Waals surface area (Å²) in [7, 11) is 0. The van der Waals surface area contributed by atoms with Crippen molar-refractivity contribution in [3.05, 3.63) is 32.9 Å². The van der Waals surface area contributed by atoms with Crippen molar-refractivity contribution in [3.63, 3.8) is 0 Å². The van der Waals surface area contributed by atoms with E-state index in [1.165, 1.54) is 6.07 Å². The molecule has 2 nitrogen and oxygen atoms in total. The summed E-state index contributed by atoms with van der Waals surface area (Å²) in [4.78, 5) is 7.11. The molecule has 0 aliphatic rings. The van der Waals surface area contributed by atoms with E-state index in [0.717, 1.165) is 0 Å². The van der Waals surface area contributed by atoms with Crippen molar-refractivity contribution < 1.29 is 4.39 Å². The minimum atomic E-state index is -0.317. The van der Waals surface area contributed by atoms with Gasteiger partial charge in [-0.05, 0) is 12.1 Å². The van der Waals surface area contributed by atoms with E-state index < -0.39 is 0 Å². The maximum atomic E-state index is 13.6. The van der Waals surface area contributed by atoms with Crippen LogP contribution in [0.2, 0.25) is 0 Å². The molecule has 2 rings (SSSR count). The molecule has 0 bridgehead atoms. The molecular formula is C10H8BrFN2S. The molecule has 15 heavy (non-hydrogen) atoms. The van der Waals surface area contributed by atoms with Gasteiger partial charge in [-0.2, -0.15) is 0 Å². The summed E-state index contributed by atoms with van der Waals surface area (Å²) in [6.45, 7) is 1.94. The minimum Gasteiger partial charge on any atom is -0.341 e. The third kappa shape index (κ3) is 1.94. The van der Waals surface area contributed by atoms with Gasteiger partial charge in [0.25, 0.3) is 0 Å². The standard InChI is InChI=1S/C10H8BrFN2S/c1-2-8-13-9-6(10(15)14-8)3-5(11)4-7(9)12/h3-4H,2H2,1H3,(H,13,14,15). The van der Waals surface area contributed by atoms with Gasteiger partial charge in [0.15, 0.2) is 0 Å². The van der Waals surface area contributed by atoms with E-state index in [0.29, 0.717) is 32.3 Å². The van der Waals surface area contributed by atoms with Gasteiger partial charge in [-0.25, -0.2) is 9.37 Å². The number of fused-ring (bicyclic) bond motifs is 1. The topological polar surface area (TPSA) is 28.7 Å². The minimum absolute atomic E-state index is 0.317. The number of nitrogens with zero attached hydrogens (tertiary/aromatic N) is 1. The van der Waals surface area contributed by atoms with Crippen molar-refractivity contribution >= 4 is 39.1 Å². The van der Waals surface area contributed by atoms with Gasteiger partial charge in [-0.1, -0.05) is 35.1 Å². The highest BCUT2D eigenvalue weighted by atomic mass is 79.9. The Bertz CT molecular complexity index is 579. The summed E-state index contributed by atoms with van der Waals surface area (Å²) in [6, 6.07) is 3.18. The summed E-state index contributed by atoms with van der Waals surface area (Å²) in [5.41, 5.74) is 0.426. The van der Waals surface area contributed by atoms with Crippen LogP contribution in [0.4, 0.5) is 4.39 Å². The van der Waals surface area contributed by atoms with Crippen LogP contribution in [-0.4, -0.2) is 9.97 Å². The summed E-state index contributed by atoms with van der Waals surface area (Å²) in [6.07, 6.45) is 0.703. The first-order valence-corrected chi connectivity index (χ1v) is 5.70. The van der Waals surface area contributed by atoms with Gasteiger partial charge in [0.1, 0.15) is 16.3 Å². The summed E-state index contributed by atoms with van der Waals surface area (Å²) < 4.78 is 14.7. The number of rotatable bonds is 1. The normalized spacial score (nSPS) is 10.9. The average molecular weight is 287 g/mol. The van der Waals surface area contributed by atoms with E-state index in [1.54, 1.807) is 6.07 Å². The molecule has 78 valence electrons. The van der Waals surface area contributed by atoms with Gasteiger partial charge < -0.3 is 4.98 Å². The predicted molar refractivity (Wildman–Crippen MR) is 64.0 cm³/mol. The SMILES string of the molecule is CCc1nc(=S)c2cc(Br)cc(F)c2[nH]1. The van der Waals surface area contributed by atoms with Crippen LogP contribution in [0.1, 0.15) is 12.7 Å². The van der Waals surface area contributed by atoms with Crippen molar-refractivity contribution in [1.29, 1.82) is 0 Å². The Balaban J connectivity index is 2.91. The van der Waals surface area contributed by atoms with Crippen LogP contribution in [0.3, 0.4) is 0 Å². The third-order valence-corrected chi connectivity index (χ3v) is 2.90. The predicted octanol–water partition coefficient (Wildman–Crippen LogP) is 3.76. The molecule has 0 spiro atoms. The van der Waals surface area contributed by atoms with Gasteiger partial charge in [0.05, 0.1) is 5.52 Å². The van der Waals surface area contributed by atoms with Crippen LogP contribution in [-0.2, 0) is 6.42 Å². The van der Waals surface area contributed by atoms with Crippen molar-refractivity contribution in [1.82, 2.24) is 9.97 Å². The second-order valence-electron chi connectivity index (χ2n) is 3.15. The molecule has 1 aromatic heterocycles. The Morgan fingerprint density at radius 1 is 1.53 bits per heavy atom. The largest absolute Gasteiger partial charge is 0.341 e. The first-order valence-electron chi connectivity index (χ1n) is 4.49. The molecule has 0 unspecified atom stereocenters. The van der Waals surface area contributed by atoms with Gasteiger partial charge in [-0.3, -0.25) is 0 Å². The van der Waals surface area contributed by atoms with Crippen molar-refractivity contribution in [2.75, 3.05) is 0 Å². The van der Waals surface area contributed by atoms with Crippen LogP contribution in [0.25, 0.3) is 10.9 Å². The van der Waals surface area contributed by atoms with Gasteiger partial charge in [0, 0.05) is 16.3 Å². The van der Waals surface area contributed by atoms with Gasteiger partial charge >= 0.3 is 0 Å². The van der Waals surface area contributed by atoms with Gasteiger partial charge in [0.2, 0.25) is 0 Å². The fraction of sp³-hybridized carbons (Fsp3) is 0.200. The number of benzene rings is 1. The molecule has 0 atom stereocenters. The average Bonchev–Trinajstić information content (AvgIpc) is 2.19.